The molecule has 1 aromatic carbocycles. The topological polar surface area (TPSA) is 50.4 Å². The number of rotatable bonds is 6. The van der Waals surface area contributed by atoms with E-state index in [0.717, 1.165) is 24.0 Å². The van der Waals surface area contributed by atoms with Crippen molar-refractivity contribution < 1.29 is 9.53 Å². The molecule has 0 bridgehead atoms. The molecule has 1 aliphatic rings. The maximum absolute atomic E-state index is 12.3. The van der Waals surface area contributed by atoms with Crippen LogP contribution in [-0.2, 0) is 0 Å². The quantitative estimate of drug-likeness (QED) is 0.825. The van der Waals surface area contributed by atoms with Crippen LogP contribution in [0.2, 0.25) is 0 Å². The Bertz CT molecular complexity index is 485. The monoisotopic (exact) mass is 354 g/mol. The molecule has 5 heteroatoms. The van der Waals surface area contributed by atoms with Crippen molar-refractivity contribution in [3.63, 3.8) is 0 Å². The summed E-state index contributed by atoms with van der Waals surface area (Å²) in [6.07, 6.45) is 2.27. The number of hydrogen-bond donors (Lipinski definition) is 2. The van der Waals surface area contributed by atoms with E-state index in [1.54, 1.807) is 6.07 Å². The molecule has 4 nitrogen and oxygen atoms in total. The molecule has 0 aliphatic carbocycles. The summed E-state index contributed by atoms with van der Waals surface area (Å²) in [4.78, 5) is 12.3. The minimum absolute atomic E-state index is 0.0374. The Morgan fingerprint density at radius 1 is 1.52 bits per heavy atom. The molecule has 116 valence electrons. The highest BCUT2D eigenvalue weighted by atomic mass is 79.9. The van der Waals surface area contributed by atoms with Crippen LogP contribution in [0.3, 0.4) is 0 Å². The van der Waals surface area contributed by atoms with Crippen molar-refractivity contribution in [1.82, 2.24) is 10.6 Å². The Morgan fingerprint density at radius 2 is 2.33 bits per heavy atom. The zero-order valence-electron chi connectivity index (χ0n) is 12.6. The minimum Gasteiger partial charge on any atom is -0.490 e. The fraction of sp³-hybridized carbons (Fsp3) is 0.562. The Balaban J connectivity index is 1.94. The third kappa shape index (κ3) is 5.00. The van der Waals surface area contributed by atoms with Gasteiger partial charge in [0, 0.05) is 11.0 Å². The molecule has 2 rings (SSSR count). The van der Waals surface area contributed by atoms with Crippen LogP contribution in [0.4, 0.5) is 0 Å². The molecule has 2 N–H and O–H groups in total. The number of amides is 1. The third-order valence-corrected chi connectivity index (χ3v) is 4.04. The van der Waals surface area contributed by atoms with Gasteiger partial charge in [0.2, 0.25) is 0 Å². The van der Waals surface area contributed by atoms with Gasteiger partial charge in [-0.3, -0.25) is 4.79 Å². The summed E-state index contributed by atoms with van der Waals surface area (Å²) in [5, 5.41) is 6.34. The molecule has 0 radical (unpaired) electrons. The van der Waals surface area contributed by atoms with E-state index in [-0.39, 0.29) is 12.0 Å². The predicted molar refractivity (Wildman–Crippen MR) is 87.8 cm³/mol. The number of nitrogens with one attached hydrogen (secondary N) is 2. The van der Waals surface area contributed by atoms with Crippen LogP contribution in [0.5, 0.6) is 5.75 Å². The van der Waals surface area contributed by atoms with Crippen molar-refractivity contribution in [3.8, 4) is 5.75 Å². The van der Waals surface area contributed by atoms with E-state index in [1.165, 1.54) is 6.42 Å². The Labute approximate surface area is 134 Å². The fourth-order valence-electron chi connectivity index (χ4n) is 2.48. The van der Waals surface area contributed by atoms with E-state index in [9.17, 15) is 4.79 Å². The largest absolute Gasteiger partial charge is 0.490 e. The van der Waals surface area contributed by atoms with Gasteiger partial charge in [-0.1, -0.05) is 15.9 Å². The number of ether oxygens (including phenoxy) is 1. The van der Waals surface area contributed by atoms with Crippen molar-refractivity contribution in [1.29, 1.82) is 0 Å². The van der Waals surface area contributed by atoms with Gasteiger partial charge in [0.15, 0.2) is 0 Å². The molecule has 1 unspecified atom stereocenters. The highest BCUT2D eigenvalue weighted by Gasteiger charge is 2.16. The number of benzene rings is 1. The molecule has 21 heavy (non-hydrogen) atoms. The molecular weight excluding hydrogens is 332 g/mol. The van der Waals surface area contributed by atoms with Crippen LogP contribution < -0.4 is 15.4 Å². The lowest BCUT2D eigenvalue weighted by Gasteiger charge is -2.15. The second kappa shape index (κ2) is 7.80. The van der Waals surface area contributed by atoms with Crippen LogP contribution in [0.25, 0.3) is 0 Å². The van der Waals surface area contributed by atoms with Gasteiger partial charge in [-0.15, -0.1) is 0 Å². The number of hydrogen-bond acceptors (Lipinski definition) is 3. The van der Waals surface area contributed by atoms with Gasteiger partial charge in [-0.25, -0.2) is 0 Å². The molecule has 1 heterocycles. The van der Waals surface area contributed by atoms with Crippen molar-refractivity contribution in [2.75, 3.05) is 19.6 Å². The van der Waals surface area contributed by atoms with E-state index in [2.05, 4.69) is 26.6 Å². The molecule has 1 atom stereocenters. The Kier molecular flexibility index (Phi) is 6.06. The van der Waals surface area contributed by atoms with E-state index in [1.807, 2.05) is 26.0 Å². The lowest BCUT2D eigenvalue weighted by molar-refractivity contribution is 0.0946. The summed E-state index contributed by atoms with van der Waals surface area (Å²) in [7, 11) is 0. The number of carbonyl (C=O) groups is 1. The maximum atomic E-state index is 12.3. The zero-order chi connectivity index (χ0) is 15.2. The predicted octanol–water partition coefficient (Wildman–Crippen LogP) is 2.97. The molecule has 1 aliphatic heterocycles. The fourth-order valence-corrected chi connectivity index (χ4v) is 2.82. The molecule has 0 saturated carbocycles. The first kappa shape index (κ1) is 16.3. The Hall–Kier alpha value is -1.07. The van der Waals surface area contributed by atoms with Gasteiger partial charge in [-0.2, -0.15) is 0 Å². The summed E-state index contributed by atoms with van der Waals surface area (Å²) in [5.41, 5.74) is 0.594. The standard InChI is InChI=1S/C16H23BrN2O2/c1-11(2)21-15-9-13(17)3-4-14(15)16(20)19-8-6-12-5-7-18-10-12/h3-4,9,11-12,18H,5-8,10H2,1-2H3,(H,19,20). The first-order valence-electron chi connectivity index (χ1n) is 7.51. The third-order valence-electron chi connectivity index (χ3n) is 3.55. The first-order chi connectivity index (χ1) is 10.1. The second-order valence-electron chi connectivity index (χ2n) is 5.71. The van der Waals surface area contributed by atoms with Crippen molar-refractivity contribution in [3.05, 3.63) is 28.2 Å². The van der Waals surface area contributed by atoms with Crippen LogP contribution >= 0.6 is 15.9 Å². The van der Waals surface area contributed by atoms with E-state index >= 15 is 0 Å². The summed E-state index contributed by atoms with van der Waals surface area (Å²) in [6, 6.07) is 5.51. The highest BCUT2D eigenvalue weighted by Crippen LogP contribution is 2.25. The SMILES string of the molecule is CC(C)Oc1cc(Br)ccc1C(=O)NCCC1CCNC1. The molecule has 1 saturated heterocycles. The van der Waals surface area contributed by atoms with Crippen molar-refractivity contribution in [2.45, 2.75) is 32.8 Å². The smallest absolute Gasteiger partial charge is 0.255 e. The van der Waals surface area contributed by atoms with E-state index in [4.69, 9.17) is 4.74 Å². The Morgan fingerprint density at radius 3 is 3.00 bits per heavy atom. The van der Waals surface area contributed by atoms with Crippen LogP contribution in [0.1, 0.15) is 37.0 Å². The minimum atomic E-state index is -0.0656. The van der Waals surface area contributed by atoms with Crippen molar-refractivity contribution in [2.24, 2.45) is 5.92 Å². The molecular formula is C16H23BrN2O2. The number of carbonyl (C=O) groups excluding carboxylic acids is 1. The second-order valence-corrected chi connectivity index (χ2v) is 6.63. The highest BCUT2D eigenvalue weighted by molar-refractivity contribution is 9.10. The van der Waals surface area contributed by atoms with Crippen molar-refractivity contribution >= 4 is 21.8 Å². The van der Waals surface area contributed by atoms with Crippen LogP contribution in [0, 0.1) is 5.92 Å². The molecule has 0 spiro atoms. The normalized spacial score (nSPS) is 18.0. The summed E-state index contributed by atoms with van der Waals surface area (Å²) in [6.45, 7) is 6.78. The molecule has 1 amide bonds. The van der Waals surface area contributed by atoms with Crippen LogP contribution in [0.15, 0.2) is 22.7 Å². The maximum Gasteiger partial charge on any atom is 0.255 e. The van der Waals surface area contributed by atoms with Gasteiger partial charge in [0.05, 0.1) is 11.7 Å². The molecule has 0 aromatic heterocycles. The first-order valence-corrected chi connectivity index (χ1v) is 8.30. The molecule has 1 aromatic rings. The lowest BCUT2D eigenvalue weighted by Crippen LogP contribution is -2.27. The van der Waals surface area contributed by atoms with E-state index < -0.39 is 0 Å². The van der Waals surface area contributed by atoms with Gasteiger partial charge in [0.1, 0.15) is 5.75 Å². The lowest BCUT2D eigenvalue weighted by atomic mass is 10.1. The van der Waals surface area contributed by atoms with Crippen LogP contribution in [-0.4, -0.2) is 31.6 Å². The van der Waals surface area contributed by atoms with Gasteiger partial charge >= 0.3 is 0 Å². The van der Waals surface area contributed by atoms with Gasteiger partial charge in [0.25, 0.3) is 5.91 Å². The number of halogens is 1. The van der Waals surface area contributed by atoms with Gasteiger partial charge in [-0.05, 0) is 63.9 Å². The average molecular weight is 355 g/mol. The van der Waals surface area contributed by atoms with E-state index in [0.29, 0.717) is 23.8 Å². The zero-order valence-corrected chi connectivity index (χ0v) is 14.2. The average Bonchev–Trinajstić information content (AvgIpc) is 2.91. The molecule has 1 fully saturated rings. The summed E-state index contributed by atoms with van der Waals surface area (Å²) >= 11 is 3.41. The van der Waals surface area contributed by atoms with Gasteiger partial charge < -0.3 is 15.4 Å². The summed E-state index contributed by atoms with van der Waals surface area (Å²) < 4.78 is 6.64. The summed E-state index contributed by atoms with van der Waals surface area (Å²) in [5.74, 6) is 1.24.